The minimum atomic E-state index is -0.223. The zero-order chi connectivity index (χ0) is 14.4. The van der Waals surface area contributed by atoms with Gasteiger partial charge in [0, 0.05) is 5.69 Å². The number of hydrogen-bond acceptors (Lipinski definition) is 2. The van der Waals surface area contributed by atoms with Crippen molar-refractivity contribution in [3.8, 4) is 5.75 Å². The predicted octanol–water partition coefficient (Wildman–Crippen LogP) is 4.40. The minimum absolute atomic E-state index is 0.0844. The summed E-state index contributed by atoms with van der Waals surface area (Å²) in [6.45, 7) is 4.82. The zero-order valence-electron chi connectivity index (χ0n) is 11.9. The maximum Gasteiger partial charge on any atom is 0.123 e. The lowest BCUT2D eigenvalue weighted by molar-refractivity contribution is 0.208. The third-order valence-electron chi connectivity index (χ3n) is 3.22. The zero-order valence-corrected chi connectivity index (χ0v) is 11.9. The van der Waals surface area contributed by atoms with Gasteiger partial charge < -0.3 is 10.1 Å². The smallest absolute Gasteiger partial charge is 0.123 e. The number of para-hydroxylation sites is 1. The molecule has 0 spiro atoms. The van der Waals surface area contributed by atoms with Crippen LogP contribution in [-0.2, 0) is 0 Å². The lowest BCUT2D eigenvalue weighted by atomic mass is 10.2. The number of nitrogens with one attached hydrogen (secondary N) is 1. The fourth-order valence-corrected chi connectivity index (χ4v) is 1.94. The third kappa shape index (κ3) is 3.98. The number of anilines is 1. The van der Waals surface area contributed by atoms with E-state index in [1.165, 1.54) is 12.1 Å². The summed E-state index contributed by atoms with van der Waals surface area (Å²) < 4.78 is 18.8. The highest BCUT2D eigenvalue weighted by molar-refractivity contribution is 5.43. The molecule has 0 saturated heterocycles. The van der Waals surface area contributed by atoms with Crippen molar-refractivity contribution in [1.29, 1.82) is 0 Å². The van der Waals surface area contributed by atoms with Gasteiger partial charge in [-0.1, -0.05) is 25.1 Å². The Kier molecular flexibility index (Phi) is 4.99. The molecule has 0 aromatic heterocycles. The van der Waals surface area contributed by atoms with Crippen LogP contribution in [0.1, 0.15) is 18.9 Å². The molecule has 0 aliphatic heterocycles. The van der Waals surface area contributed by atoms with Crippen LogP contribution in [0.2, 0.25) is 0 Å². The van der Waals surface area contributed by atoms with Gasteiger partial charge in [-0.3, -0.25) is 0 Å². The molecule has 0 bridgehead atoms. The average Bonchev–Trinajstić information content (AvgIpc) is 2.47. The van der Waals surface area contributed by atoms with Crippen LogP contribution in [-0.4, -0.2) is 12.6 Å². The maximum absolute atomic E-state index is 12.8. The van der Waals surface area contributed by atoms with Gasteiger partial charge in [-0.2, -0.15) is 0 Å². The SMILES string of the molecule is CCC(CNc1ccc(F)cc1)Oc1ccccc1C. The molecular formula is C17H20FNO. The molecule has 0 saturated carbocycles. The first kappa shape index (κ1) is 14.4. The first-order valence-electron chi connectivity index (χ1n) is 6.90. The van der Waals surface area contributed by atoms with Crippen LogP contribution in [0.4, 0.5) is 10.1 Å². The Hall–Kier alpha value is -2.03. The summed E-state index contributed by atoms with van der Waals surface area (Å²) in [7, 11) is 0. The Morgan fingerprint density at radius 1 is 1.10 bits per heavy atom. The average molecular weight is 273 g/mol. The Morgan fingerprint density at radius 3 is 2.45 bits per heavy atom. The Balaban J connectivity index is 1.92. The molecule has 1 unspecified atom stereocenters. The van der Waals surface area contributed by atoms with Crippen LogP contribution in [0.3, 0.4) is 0 Å². The van der Waals surface area contributed by atoms with E-state index in [1.807, 2.05) is 31.2 Å². The monoisotopic (exact) mass is 273 g/mol. The number of halogens is 1. The predicted molar refractivity (Wildman–Crippen MR) is 80.8 cm³/mol. The quantitative estimate of drug-likeness (QED) is 0.842. The molecule has 20 heavy (non-hydrogen) atoms. The molecule has 2 aromatic rings. The van der Waals surface area contributed by atoms with Crippen molar-refractivity contribution in [2.75, 3.05) is 11.9 Å². The molecule has 2 aromatic carbocycles. The van der Waals surface area contributed by atoms with Gasteiger partial charge in [0.25, 0.3) is 0 Å². The molecule has 1 atom stereocenters. The van der Waals surface area contributed by atoms with E-state index in [9.17, 15) is 4.39 Å². The van der Waals surface area contributed by atoms with Crippen molar-refractivity contribution < 1.29 is 9.13 Å². The standard InChI is InChI=1S/C17H20FNO/c1-3-16(20-17-7-5-4-6-13(17)2)12-19-15-10-8-14(18)9-11-15/h4-11,16,19H,3,12H2,1-2H3. The van der Waals surface area contributed by atoms with Gasteiger partial charge in [0.05, 0.1) is 6.54 Å². The van der Waals surface area contributed by atoms with Crippen molar-refractivity contribution in [2.45, 2.75) is 26.4 Å². The summed E-state index contributed by atoms with van der Waals surface area (Å²) in [6, 6.07) is 14.4. The second kappa shape index (κ2) is 6.94. The van der Waals surface area contributed by atoms with E-state index in [2.05, 4.69) is 12.2 Å². The largest absolute Gasteiger partial charge is 0.488 e. The van der Waals surface area contributed by atoms with Crippen molar-refractivity contribution in [2.24, 2.45) is 0 Å². The van der Waals surface area contributed by atoms with E-state index in [4.69, 9.17) is 4.74 Å². The van der Waals surface area contributed by atoms with Crippen LogP contribution in [0.25, 0.3) is 0 Å². The molecule has 0 radical (unpaired) electrons. The topological polar surface area (TPSA) is 21.3 Å². The number of aryl methyl sites for hydroxylation is 1. The summed E-state index contributed by atoms with van der Waals surface area (Å²) >= 11 is 0. The minimum Gasteiger partial charge on any atom is -0.488 e. The van der Waals surface area contributed by atoms with E-state index in [0.29, 0.717) is 6.54 Å². The molecule has 1 N–H and O–H groups in total. The maximum atomic E-state index is 12.8. The number of hydrogen-bond donors (Lipinski definition) is 1. The van der Waals surface area contributed by atoms with Crippen LogP contribution in [0.5, 0.6) is 5.75 Å². The van der Waals surface area contributed by atoms with Gasteiger partial charge in [0.2, 0.25) is 0 Å². The van der Waals surface area contributed by atoms with E-state index >= 15 is 0 Å². The van der Waals surface area contributed by atoms with Gasteiger partial charge in [-0.15, -0.1) is 0 Å². The summed E-state index contributed by atoms with van der Waals surface area (Å²) in [5.74, 6) is 0.694. The third-order valence-corrected chi connectivity index (χ3v) is 3.22. The lowest BCUT2D eigenvalue weighted by Gasteiger charge is -2.20. The second-order valence-electron chi connectivity index (χ2n) is 4.80. The van der Waals surface area contributed by atoms with Crippen LogP contribution >= 0.6 is 0 Å². The van der Waals surface area contributed by atoms with E-state index < -0.39 is 0 Å². The van der Waals surface area contributed by atoms with Gasteiger partial charge >= 0.3 is 0 Å². The molecule has 3 heteroatoms. The second-order valence-corrected chi connectivity index (χ2v) is 4.80. The first-order valence-corrected chi connectivity index (χ1v) is 6.90. The van der Waals surface area contributed by atoms with Crippen LogP contribution in [0, 0.1) is 12.7 Å². The molecular weight excluding hydrogens is 253 g/mol. The van der Waals surface area contributed by atoms with Gasteiger partial charge in [-0.25, -0.2) is 4.39 Å². The Labute approximate surface area is 119 Å². The lowest BCUT2D eigenvalue weighted by Crippen LogP contribution is -2.25. The Morgan fingerprint density at radius 2 is 1.80 bits per heavy atom. The van der Waals surface area contributed by atoms with Gasteiger partial charge in [0.1, 0.15) is 17.7 Å². The van der Waals surface area contributed by atoms with E-state index in [1.54, 1.807) is 12.1 Å². The van der Waals surface area contributed by atoms with Gasteiger partial charge in [-0.05, 0) is 49.2 Å². The van der Waals surface area contributed by atoms with Crippen molar-refractivity contribution >= 4 is 5.69 Å². The molecule has 0 amide bonds. The van der Waals surface area contributed by atoms with E-state index in [0.717, 1.165) is 23.4 Å². The summed E-state index contributed by atoms with van der Waals surface area (Å²) in [4.78, 5) is 0. The molecule has 0 heterocycles. The Bertz CT molecular complexity index is 539. The van der Waals surface area contributed by atoms with Crippen LogP contribution < -0.4 is 10.1 Å². The molecule has 0 aliphatic carbocycles. The normalized spacial score (nSPS) is 11.9. The molecule has 0 fully saturated rings. The molecule has 2 nitrogen and oxygen atoms in total. The fourth-order valence-electron chi connectivity index (χ4n) is 1.94. The molecule has 106 valence electrons. The van der Waals surface area contributed by atoms with Crippen molar-refractivity contribution in [1.82, 2.24) is 0 Å². The van der Waals surface area contributed by atoms with Gasteiger partial charge in [0.15, 0.2) is 0 Å². The molecule has 0 aliphatic rings. The molecule has 2 rings (SSSR count). The van der Waals surface area contributed by atoms with Crippen molar-refractivity contribution in [3.05, 3.63) is 59.9 Å². The summed E-state index contributed by atoms with van der Waals surface area (Å²) in [5.41, 5.74) is 2.03. The number of rotatable bonds is 6. The summed E-state index contributed by atoms with van der Waals surface area (Å²) in [5, 5.41) is 3.27. The first-order chi connectivity index (χ1) is 9.69. The highest BCUT2D eigenvalue weighted by Gasteiger charge is 2.09. The number of ether oxygens (including phenoxy) is 1. The van der Waals surface area contributed by atoms with Crippen LogP contribution in [0.15, 0.2) is 48.5 Å². The summed E-state index contributed by atoms with van der Waals surface area (Å²) in [6.07, 6.45) is 0.990. The highest BCUT2D eigenvalue weighted by atomic mass is 19.1. The fraction of sp³-hybridized carbons (Fsp3) is 0.294. The van der Waals surface area contributed by atoms with E-state index in [-0.39, 0.29) is 11.9 Å². The van der Waals surface area contributed by atoms with Crippen molar-refractivity contribution in [3.63, 3.8) is 0 Å². The number of benzene rings is 2. The highest BCUT2D eigenvalue weighted by Crippen LogP contribution is 2.19.